The first-order chi connectivity index (χ1) is 5.16. The minimum absolute atomic E-state index is 0.219. The zero-order valence-corrected chi connectivity index (χ0v) is 8.36. The third kappa shape index (κ3) is 8.17. The SMILES string of the molecule is CCSCC(O)COC(C)C. The second kappa shape index (κ2) is 6.95. The Hall–Kier alpha value is 0.270. The molecule has 1 atom stereocenters. The number of thioether (sulfide) groups is 1. The average molecular weight is 178 g/mol. The lowest BCUT2D eigenvalue weighted by molar-refractivity contribution is 0.0152. The topological polar surface area (TPSA) is 29.5 Å². The van der Waals surface area contributed by atoms with E-state index in [1.165, 1.54) is 0 Å². The largest absolute Gasteiger partial charge is 0.390 e. The maximum Gasteiger partial charge on any atom is 0.0863 e. The maximum atomic E-state index is 9.28. The molecule has 0 fully saturated rings. The summed E-state index contributed by atoms with van der Waals surface area (Å²) in [5.41, 5.74) is 0. The number of hydrogen-bond acceptors (Lipinski definition) is 3. The highest BCUT2D eigenvalue weighted by atomic mass is 32.2. The summed E-state index contributed by atoms with van der Waals surface area (Å²) in [5, 5.41) is 9.28. The molecule has 0 aliphatic rings. The molecule has 2 nitrogen and oxygen atoms in total. The Balaban J connectivity index is 3.15. The third-order valence-electron chi connectivity index (χ3n) is 1.14. The molecule has 0 saturated heterocycles. The van der Waals surface area contributed by atoms with Crippen LogP contribution in [0, 0.1) is 0 Å². The normalized spacial score (nSPS) is 13.9. The van der Waals surface area contributed by atoms with Crippen molar-refractivity contribution in [3.05, 3.63) is 0 Å². The van der Waals surface area contributed by atoms with Crippen LogP contribution in [0.2, 0.25) is 0 Å². The first kappa shape index (κ1) is 11.3. The van der Waals surface area contributed by atoms with Crippen molar-refractivity contribution in [3.8, 4) is 0 Å². The van der Waals surface area contributed by atoms with E-state index < -0.39 is 0 Å². The lowest BCUT2D eigenvalue weighted by Gasteiger charge is -2.12. The smallest absolute Gasteiger partial charge is 0.0863 e. The van der Waals surface area contributed by atoms with Gasteiger partial charge in [0.1, 0.15) is 0 Å². The van der Waals surface area contributed by atoms with Crippen molar-refractivity contribution in [1.29, 1.82) is 0 Å². The molecule has 0 amide bonds. The van der Waals surface area contributed by atoms with Crippen molar-refractivity contribution in [2.75, 3.05) is 18.1 Å². The molecule has 0 saturated carbocycles. The van der Waals surface area contributed by atoms with Crippen molar-refractivity contribution >= 4 is 11.8 Å². The monoisotopic (exact) mass is 178 g/mol. The summed E-state index contributed by atoms with van der Waals surface area (Å²) in [4.78, 5) is 0. The average Bonchev–Trinajstić information content (AvgIpc) is 1.97. The van der Waals surface area contributed by atoms with Crippen molar-refractivity contribution in [2.24, 2.45) is 0 Å². The molecule has 11 heavy (non-hydrogen) atoms. The summed E-state index contributed by atoms with van der Waals surface area (Å²) in [5.74, 6) is 1.84. The Morgan fingerprint density at radius 2 is 2.09 bits per heavy atom. The fourth-order valence-corrected chi connectivity index (χ4v) is 1.21. The van der Waals surface area contributed by atoms with Gasteiger partial charge in [0.05, 0.1) is 18.8 Å². The number of ether oxygens (including phenoxy) is 1. The van der Waals surface area contributed by atoms with Gasteiger partial charge in [-0.3, -0.25) is 0 Å². The quantitative estimate of drug-likeness (QED) is 0.669. The Kier molecular flexibility index (Phi) is 7.12. The highest BCUT2D eigenvalue weighted by Gasteiger charge is 2.04. The van der Waals surface area contributed by atoms with E-state index >= 15 is 0 Å². The van der Waals surface area contributed by atoms with E-state index in [4.69, 9.17) is 4.74 Å². The van der Waals surface area contributed by atoms with Gasteiger partial charge in [-0.1, -0.05) is 6.92 Å². The van der Waals surface area contributed by atoms with Gasteiger partial charge in [0, 0.05) is 5.75 Å². The molecule has 0 radical (unpaired) electrons. The molecule has 1 N–H and O–H groups in total. The van der Waals surface area contributed by atoms with Crippen molar-refractivity contribution in [2.45, 2.75) is 33.0 Å². The van der Waals surface area contributed by atoms with Gasteiger partial charge >= 0.3 is 0 Å². The fourth-order valence-electron chi connectivity index (χ4n) is 0.606. The van der Waals surface area contributed by atoms with Crippen LogP contribution < -0.4 is 0 Å². The molecule has 0 spiro atoms. The summed E-state index contributed by atoms with van der Waals surface area (Å²) in [7, 11) is 0. The standard InChI is InChI=1S/C8H18O2S/c1-4-11-6-8(9)5-10-7(2)3/h7-9H,4-6H2,1-3H3. The summed E-state index contributed by atoms with van der Waals surface area (Å²) < 4.78 is 5.24. The molecule has 1 unspecified atom stereocenters. The van der Waals surface area contributed by atoms with E-state index in [9.17, 15) is 5.11 Å². The first-order valence-corrected chi connectivity index (χ1v) is 5.19. The zero-order chi connectivity index (χ0) is 8.69. The molecule has 0 aliphatic heterocycles. The van der Waals surface area contributed by atoms with E-state index in [0.717, 1.165) is 11.5 Å². The van der Waals surface area contributed by atoms with Gasteiger partial charge in [-0.2, -0.15) is 11.8 Å². The van der Waals surface area contributed by atoms with Crippen molar-refractivity contribution in [3.63, 3.8) is 0 Å². The van der Waals surface area contributed by atoms with Crippen LogP contribution in [0.1, 0.15) is 20.8 Å². The first-order valence-electron chi connectivity index (χ1n) is 4.04. The second-order valence-corrected chi connectivity index (χ2v) is 4.01. The summed E-state index contributed by atoms with van der Waals surface area (Å²) in [6, 6.07) is 0. The van der Waals surface area contributed by atoms with Crippen LogP contribution in [0.15, 0.2) is 0 Å². The maximum absolute atomic E-state index is 9.28. The predicted octanol–water partition coefficient (Wildman–Crippen LogP) is 1.53. The van der Waals surface area contributed by atoms with E-state index in [1.54, 1.807) is 11.8 Å². The van der Waals surface area contributed by atoms with Gasteiger partial charge in [0.15, 0.2) is 0 Å². The molecule has 3 heteroatoms. The van der Waals surface area contributed by atoms with E-state index in [1.807, 2.05) is 13.8 Å². The summed E-state index contributed by atoms with van der Waals surface area (Å²) in [6.07, 6.45) is -0.0846. The molecule has 0 aromatic rings. The minimum Gasteiger partial charge on any atom is -0.390 e. The van der Waals surface area contributed by atoms with Crippen LogP contribution in [0.4, 0.5) is 0 Å². The predicted molar refractivity (Wildman–Crippen MR) is 50.1 cm³/mol. The van der Waals surface area contributed by atoms with E-state index in [2.05, 4.69) is 6.92 Å². The Morgan fingerprint density at radius 3 is 2.55 bits per heavy atom. The van der Waals surface area contributed by atoms with Gasteiger partial charge in [-0.05, 0) is 19.6 Å². The second-order valence-electron chi connectivity index (χ2n) is 2.70. The van der Waals surface area contributed by atoms with E-state index in [0.29, 0.717) is 6.61 Å². The van der Waals surface area contributed by atoms with Crippen LogP contribution >= 0.6 is 11.8 Å². The van der Waals surface area contributed by atoms with Gasteiger partial charge in [0.2, 0.25) is 0 Å². The number of rotatable bonds is 6. The van der Waals surface area contributed by atoms with Crippen LogP contribution in [-0.2, 0) is 4.74 Å². The molecular formula is C8H18O2S. The van der Waals surface area contributed by atoms with Crippen LogP contribution in [0.3, 0.4) is 0 Å². The molecular weight excluding hydrogens is 160 g/mol. The molecule has 0 aromatic heterocycles. The van der Waals surface area contributed by atoms with Crippen LogP contribution in [0.5, 0.6) is 0 Å². The van der Waals surface area contributed by atoms with Crippen molar-refractivity contribution < 1.29 is 9.84 Å². The highest BCUT2D eigenvalue weighted by Crippen LogP contribution is 2.02. The number of aliphatic hydroxyl groups is 1. The number of aliphatic hydroxyl groups excluding tert-OH is 1. The Labute approximate surface area is 73.3 Å². The molecule has 0 bridgehead atoms. The molecule has 0 aliphatic carbocycles. The third-order valence-corrected chi connectivity index (χ3v) is 2.17. The fraction of sp³-hybridized carbons (Fsp3) is 1.00. The molecule has 0 heterocycles. The van der Waals surface area contributed by atoms with Crippen LogP contribution in [0.25, 0.3) is 0 Å². The van der Waals surface area contributed by atoms with Gasteiger partial charge in [-0.15, -0.1) is 0 Å². The molecule has 68 valence electrons. The Bertz CT molecular complexity index is 86.2. The van der Waals surface area contributed by atoms with Gasteiger partial charge in [0.25, 0.3) is 0 Å². The summed E-state index contributed by atoms with van der Waals surface area (Å²) in [6.45, 7) is 6.49. The lowest BCUT2D eigenvalue weighted by Crippen LogP contribution is -2.20. The lowest BCUT2D eigenvalue weighted by atomic mass is 10.4. The molecule has 0 aromatic carbocycles. The van der Waals surface area contributed by atoms with Gasteiger partial charge < -0.3 is 9.84 Å². The van der Waals surface area contributed by atoms with E-state index in [-0.39, 0.29) is 12.2 Å². The highest BCUT2D eigenvalue weighted by molar-refractivity contribution is 7.99. The molecule has 0 rings (SSSR count). The Morgan fingerprint density at radius 1 is 1.45 bits per heavy atom. The number of hydrogen-bond donors (Lipinski definition) is 1. The van der Waals surface area contributed by atoms with Crippen molar-refractivity contribution in [1.82, 2.24) is 0 Å². The van der Waals surface area contributed by atoms with Gasteiger partial charge in [-0.25, -0.2) is 0 Å². The minimum atomic E-state index is -0.303. The summed E-state index contributed by atoms with van der Waals surface area (Å²) >= 11 is 1.74. The zero-order valence-electron chi connectivity index (χ0n) is 7.54. The van der Waals surface area contributed by atoms with Crippen LogP contribution in [-0.4, -0.2) is 35.4 Å².